The van der Waals surface area contributed by atoms with Crippen LogP contribution in [0.4, 0.5) is 0 Å². The van der Waals surface area contributed by atoms with Crippen LogP contribution in [0.15, 0.2) is 48.5 Å². The number of unbranched alkanes of at least 4 members (excludes halogenated alkanes) is 1. The summed E-state index contributed by atoms with van der Waals surface area (Å²) in [5.41, 5.74) is 0.305. The number of carbonyl (C=O) groups excluding carboxylic acids is 2. The van der Waals surface area contributed by atoms with Gasteiger partial charge in [-0.25, -0.2) is 0 Å². The topological polar surface area (TPSA) is 101 Å². The maximum absolute atomic E-state index is 13.8. The fraction of sp³-hybridized carbons (Fsp3) is 0.562. The number of rotatable bonds is 10. The second-order valence-electron chi connectivity index (χ2n) is 11.5. The van der Waals surface area contributed by atoms with Gasteiger partial charge in [-0.3, -0.25) is 14.5 Å². The van der Waals surface area contributed by atoms with Gasteiger partial charge in [-0.2, -0.15) is 0 Å². The van der Waals surface area contributed by atoms with Gasteiger partial charge in [0.25, 0.3) is 0 Å². The summed E-state index contributed by atoms with van der Waals surface area (Å²) in [6.45, 7) is 5.96. The van der Waals surface area contributed by atoms with Crippen molar-refractivity contribution in [2.45, 2.75) is 69.7 Å². The molecule has 2 atom stereocenters. The SMILES string of the molecule is CCCCN1C(=O)[C@@H]([C@H](O)C2CCOCC2)NC(=O)C12CCN(Cc1ccc(Oc3ccc(OC)cc3)cc1)CC2.Cl. The van der Waals surface area contributed by atoms with Gasteiger partial charge in [-0.1, -0.05) is 25.5 Å². The predicted octanol–water partition coefficient (Wildman–Crippen LogP) is 4.16. The molecule has 3 aliphatic rings. The van der Waals surface area contributed by atoms with Gasteiger partial charge in [0.15, 0.2) is 0 Å². The Balaban J connectivity index is 0.00000405. The zero-order valence-electron chi connectivity index (χ0n) is 24.6. The Bertz CT molecular complexity index is 1160. The van der Waals surface area contributed by atoms with Crippen molar-refractivity contribution < 1.29 is 28.9 Å². The molecule has 3 saturated heterocycles. The van der Waals surface area contributed by atoms with E-state index in [-0.39, 0.29) is 30.1 Å². The van der Waals surface area contributed by atoms with E-state index in [1.165, 1.54) is 0 Å². The molecule has 3 aliphatic heterocycles. The predicted molar refractivity (Wildman–Crippen MR) is 162 cm³/mol. The Morgan fingerprint density at radius 1 is 1.00 bits per heavy atom. The number of carbonyl (C=O) groups is 2. The molecule has 1 spiro atoms. The molecule has 2 amide bonds. The molecular weight excluding hydrogens is 558 g/mol. The van der Waals surface area contributed by atoms with Crippen molar-refractivity contribution in [2.24, 2.45) is 5.92 Å². The lowest BCUT2D eigenvalue weighted by molar-refractivity contribution is -0.166. The summed E-state index contributed by atoms with van der Waals surface area (Å²) in [6, 6.07) is 14.7. The van der Waals surface area contributed by atoms with E-state index >= 15 is 0 Å². The second-order valence-corrected chi connectivity index (χ2v) is 11.5. The highest BCUT2D eigenvalue weighted by Crippen LogP contribution is 2.36. The molecule has 10 heteroatoms. The Morgan fingerprint density at radius 3 is 2.19 bits per heavy atom. The first-order valence-corrected chi connectivity index (χ1v) is 14.9. The molecule has 3 heterocycles. The summed E-state index contributed by atoms with van der Waals surface area (Å²) in [4.78, 5) is 31.6. The van der Waals surface area contributed by atoms with E-state index in [9.17, 15) is 14.7 Å². The normalized spacial score (nSPS) is 21.9. The van der Waals surface area contributed by atoms with Crippen LogP contribution in [0.3, 0.4) is 0 Å². The lowest BCUT2D eigenvalue weighted by atomic mass is 9.79. The third kappa shape index (κ3) is 7.02. The Hall–Kier alpha value is -2.85. The van der Waals surface area contributed by atoms with Crippen molar-refractivity contribution in [1.82, 2.24) is 15.1 Å². The standard InChI is InChI=1S/C32H43N3O6.ClH/c1-3-4-17-35-30(37)28(29(36)24-13-20-40-21-14-24)33-31(38)32(35)15-18-34(19-16-32)22-23-5-7-26(8-6-23)41-27-11-9-25(39-2)10-12-27;/h5-12,24,28-29,36H,3-4,13-22H2,1-2H3,(H,33,38);1H/t28-,29-;/m1./s1. The summed E-state index contributed by atoms with van der Waals surface area (Å²) in [5.74, 6) is 1.98. The third-order valence-corrected chi connectivity index (χ3v) is 8.89. The molecule has 230 valence electrons. The van der Waals surface area contributed by atoms with Crippen LogP contribution >= 0.6 is 12.4 Å². The molecule has 5 rings (SSSR count). The van der Waals surface area contributed by atoms with Crippen LogP contribution < -0.4 is 14.8 Å². The highest BCUT2D eigenvalue weighted by Gasteiger charge is 2.55. The van der Waals surface area contributed by atoms with Gasteiger partial charge in [-0.15, -0.1) is 12.4 Å². The van der Waals surface area contributed by atoms with Gasteiger partial charge in [0.2, 0.25) is 11.8 Å². The number of likely N-dealkylation sites (tertiary alicyclic amines) is 1. The van der Waals surface area contributed by atoms with Gasteiger partial charge in [0, 0.05) is 39.4 Å². The van der Waals surface area contributed by atoms with E-state index in [0.717, 1.165) is 42.2 Å². The van der Waals surface area contributed by atoms with Crippen molar-refractivity contribution >= 4 is 24.2 Å². The number of nitrogens with one attached hydrogen (secondary N) is 1. The van der Waals surface area contributed by atoms with Crippen molar-refractivity contribution in [2.75, 3.05) is 40.0 Å². The molecular formula is C32H44ClN3O6. The number of ether oxygens (including phenoxy) is 3. The Kier molecular flexibility index (Phi) is 11.1. The van der Waals surface area contributed by atoms with E-state index in [4.69, 9.17) is 14.2 Å². The number of piperidine rings is 1. The molecule has 0 radical (unpaired) electrons. The van der Waals surface area contributed by atoms with E-state index < -0.39 is 17.7 Å². The molecule has 0 unspecified atom stereocenters. The first-order chi connectivity index (χ1) is 19.9. The quantitative estimate of drug-likeness (QED) is 0.422. The van der Waals surface area contributed by atoms with Gasteiger partial charge in [0.05, 0.1) is 13.2 Å². The fourth-order valence-corrected chi connectivity index (χ4v) is 6.32. The summed E-state index contributed by atoms with van der Waals surface area (Å²) < 4.78 is 16.6. The number of benzene rings is 2. The zero-order valence-corrected chi connectivity index (χ0v) is 25.4. The summed E-state index contributed by atoms with van der Waals surface area (Å²) in [7, 11) is 1.64. The average Bonchev–Trinajstić information content (AvgIpc) is 3.01. The maximum Gasteiger partial charge on any atom is 0.248 e. The van der Waals surface area contributed by atoms with E-state index in [1.54, 1.807) is 7.11 Å². The van der Waals surface area contributed by atoms with Crippen LogP contribution in [-0.4, -0.2) is 84.4 Å². The molecule has 42 heavy (non-hydrogen) atoms. The van der Waals surface area contributed by atoms with E-state index in [0.29, 0.717) is 58.5 Å². The summed E-state index contributed by atoms with van der Waals surface area (Å²) in [5, 5.41) is 14.1. The first-order valence-electron chi connectivity index (χ1n) is 14.9. The highest BCUT2D eigenvalue weighted by atomic mass is 35.5. The van der Waals surface area contributed by atoms with E-state index in [1.807, 2.05) is 41.3 Å². The maximum atomic E-state index is 13.8. The molecule has 2 N–H and O–H groups in total. The smallest absolute Gasteiger partial charge is 0.248 e. The van der Waals surface area contributed by atoms with Crippen molar-refractivity contribution in [3.8, 4) is 17.2 Å². The minimum atomic E-state index is -0.895. The van der Waals surface area contributed by atoms with Crippen LogP contribution in [0.5, 0.6) is 17.2 Å². The Labute approximate surface area is 254 Å². The van der Waals surface area contributed by atoms with Gasteiger partial charge >= 0.3 is 0 Å². The van der Waals surface area contributed by atoms with Gasteiger partial charge in [-0.05, 0) is 80.0 Å². The van der Waals surface area contributed by atoms with E-state index in [2.05, 4.69) is 29.3 Å². The largest absolute Gasteiger partial charge is 0.497 e. The number of methoxy groups -OCH3 is 1. The summed E-state index contributed by atoms with van der Waals surface area (Å²) in [6.07, 6.45) is 3.41. The number of nitrogens with zero attached hydrogens (tertiary/aromatic N) is 2. The van der Waals surface area contributed by atoms with Crippen LogP contribution in [0.2, 0.25) is 0 Å². The van der Waals surface area contributed by atoms with Gasteiger partial charge < -0.3 is 29.5 Å². The van der Waals surface area contributed by atoms with Crippen molar-refractivity contribution in [3.63, 3.8) is 0 Å². The molecule has 2 aromatic carbocycles. The summed E-state index contributed by atoms with van der Waals surface area (Å²) >= 11 is 0. The highest BCUT2D eigenvalue weighted by molar-refractivity contribution is 6.00. The molecule has 0 aliphatic carbocycles. The molecule has 0 saturated carbocycles. The fourth-order valence-electron chi connectivity index (χ4n) is 6.32. The number of piperazine rings is 1. The van der Waals surface area contributed by atoms with Crippen molar-refractivity contribution in [3.05, 3.63) is 54.1 Å². The second kappa shape index (κ2) is 14.6. The van der Waals surface area contributed by atoms with Crippen LogP contribution in [-0.2, 0) is 20.9 Å². The average molecular weight is 602 g/mol. The lowest BCUT2D eigenvalue weighted by Gasteiger charge is -2.52. The van der Waals surface area contributed by atoms with Crippen LogP contribution in [0.25, 0.3) is 0 Å². The number of aliphatic hydroxyl groups excluding tert-OH is 1. The molecule has 2 aromatic rings. The third-order valence-electron chi connectivity index (χ3n) is 8.89. The number of hydrogen-bond donors (Lipinski definition) is 2. The first kappa shape index (κ1) is 32.1. The monoisotopic (exact) mass is 601 g/mol. The molecule has 3 fully saturated rings. The lowest BCUT2D eigenvalue weighted by Crippen LogP contribution is -2.75. The minimum Gasteiger partial charge on any atom is -0.497 e. The number of aliphatic hydroxyl groups is 1. The van der Waals surface area contributed by atoms with Crippen molar-refractivity contribution in [1.29, 1.82) is 0 Å². The molecule has 0 aromatic heterocycles. The number of hydrogen-bond acceptors (Lipinski definition) is 7. The van der Waals surface area contributed by atoms with Crippen LogP contribution in [0, 0.1) is 5.92 Å². The minimum absolute atomic E-state index is 0. The van der Waals surface area contributed by atoms with Crippen LogP contribution in [0.1, 0.15) is 51.0 Å². The number of amides is 2. The van der Waals surface area contributed by atoms with Gasteiger partial charge in [0.1, 0.15) is 28.8 Å². The molecule has 0 bridgehead atoms. The Morgan fingerprint density at radius 2 is 1.60 bits per heavy atom. The molecule has 9 nitrogen and oxygen atoms in total. The number of halogens is 1. The zero-order chi connectivity index (χ0) is 28.8.